The number of alkyl halides is 1. The quantitative estimate of drug-likeness (QED) is 0.502. The van der Waals surface area contributed by atoms with E-state index < -0.39 is 11.7 Å². The number of anilines is 1. The summed E-state index contributed by atoms with van der Waals surface area (Å²) in [4.78, 5) is 22.7. The third-order valence-corrected chi connectivity index (χ3v) is 2.62. The second kappa shape index (κ2) is 5.19. The molecule has 0 aliphatic rings. The van der Waals surface area contributed by atoms with Gasteiger partial charge in [-0.15, -0.1) is 0 Å². The number of carbonyl (C=O) groups is 1. The van der Waals surface area contributed by atoms with Crippen LogP contribution in [0.5, 0.6) is 5.75 Å². The fraction of sp³-hybridized carbons (Fsp3) is 0.167. The van der Waals surface area contributed by atoms with E-state index in [2.05, 4.69) is 10.1 Å². The van der Waals surface area contributed by atoms with Crippen LogP contribution in [0.15, 0.2) is 27.4 Å². The molecular formula is C12H10ClNO5. The first-order valence-electron chi connectivity index (χ1n) is 5.29. The number of benzene rings is 1. The van der Waals surface area contributed by atoms with E-state index in [-0.39, 0.29) is 23.1 Å². The normalized spacial score (nSPS) is 10.4. The van der Waals surface area contributed by atoms with E-state index in [9.17, 15) is 14.7 Å². The van der Waals surface area contributed by atoms with E-state index >= 15 is 0 Å². The van der Waals surface area contributed by atoms with Crippen molar-refractivity contribution in [2.24, 2.45) is 0 Å². The van der Waals surface area contributed by atoms with Crippen LogP contribution >= 0.6 is 11.6 Å². The lowest BCUT2D eigenvalue weighted by Crippen LogP contribution is -2.13. The summed E-state index contributed by atoms with van der Waals surface area (Å²) < 4.78 is 9.51. The van der Waals surface area contributed by atoms with Crippen molar-refractivity contribution in [2.45, 2.75) is 6.92 Å². The molecule has 0 radical (unpaired) electrons. The molecule has 2 rings (SSSR count). The average Bonchev–Trinajstić information content (AvgIpc) is 2.33. The third-order valence-electron chi connectivity index (χ3n) is 2.51. The van der Waals surface area contributed by atoms with Crippen LogP contribution in [0.3, 0.4) is 0 Å². The highest BCUT2D eigenvalue weighted by Gasteiger charge is 2.15. The summed E-state index contributed by atoms with van der Waals surface area (Å²) in [5.74, 6) is -0.243. The molecule has 1 amide bonds. The topological polar surface area (TPSA) is 88.8 Å². The van der Waals surface area contributed by atoms with Crippen LogP contribution in [0, 0.1) is 6.92 Å². The monoisotopic (exact) mass is 283 g/mol. The number of aryl methyl sites for hydroxylation is 1. The second-order valence-electron chi connectivity index (χ2n) is 3.75. The number of aromatic hydroxyl groups is 1. The molecule has 0 atom stereocenters. The van der Waals surface area contributed by atoms with Gasteiger partial charge in [0.05, 0.1) is 0 Å². The highest BCUT2D eigenvalue weighted by atomic mass is 35.5. The molecule has 0 aliphatic heterocycles. The highest BCUT2D eigenvalue weighted by Crippen LogP contribution is 2.33. The number of carbonyl (C=O) groups excluding carboxylic acids is 1. The number of hydrogen-bond donors (Lipinski definition) is 2. The molecule has 0 fully saturated rings. The van der Waals surface area contributed by atoms with Gasteiger partial charge >= 0.3 is 11.7 Å². The van der Waals surface area contributed by atoms with Crippen molar-refractivity contribution in [1.29, 1.82) is 0 Å². The van der Waals surface area contributed by atoms with Crippen molar-refractivity contribution in [3.05, 3.63) is 34.2 Å². The zero-order chi connectivity index (χ0) is 14.0. The van der Waals surface area contributed by atoms with Gasteiger partial charge in [-0.05, 0) is 24.6 Å². The van der Waals surface area contributed by atoms with Crippen molar-refractivity contribution in [1.82, 2.24) is 0 Å². The molecule has 100 valence electrons. The predicted molar refractivity (Wildman–Crippen MR) is 69.7 cm³/mol. The van der Waals surface area contributed by atoms with Gasteiger partial charge in [0.1, 0.15) is 11.4 Å². The van der Waals surface area contributed by atoms with Gasteiger partial charge in [-0.1, -0.05) is 11.6 Å². The zero-order valence-corrected chi connectivity index (χ0v) is 10.7. The Kier molecular flexibility index (Phi) is 3.62. The molecule has 2 aromatic rings. The zero-order valence-electron chi connectivity index (χ0n) is 9.90. The van der Waals surface area contributed by atoms with E-state index in [1.807, 2.05) is 0 Å². The average molecular weight is 284 g/mol. The number of phenolic OH excluding ortho intramolecular Hbond substituents is 1. The first kappa shape index (κ1) is 13.2. The van der Waals surface area contributed by atoms with Crippen molar-refractivity contribution in [2.75, 3.05) is 11.4 Å². The minimum absolute atomic E-state index is 0.0339. The molecule has 19 heavy (non-hydrogen) atoms. The van der Waals surface area contributed by atoms with Gasteiger partial charge in [-0.25, -0.2) is 9.59 Å². The highest BCUT2D eigenvalue weighted by molar-refractivity contribution is 6.17. The molecule has 6 nitrogen and oxygen atoms in total. The Bertz CT molecular complexity index is 694. The maximum Gasteiger partial charge on any atom is 0.413 e. The van der Waals surface area contributed by atoms with Crippen LogP contribution in [0.2, 0.25) is 0 Å². The van der Waals surface area contributed by atoms with E-state index in [1.165, 1.54) is 12.1 Å². The standard InChI is InChI=1S/C12H10ClNO5/c1-6-4-9(16)19-11-7(6)2-3-8(15)10(11)14-12(17)18-5-13/h2-4,15H,5H2,1H3,(H,14,17). The Balaban J connectivity index is 2.61. The van der Waals surface area contributed by atoms with Crippen LogP contribution in [0.1, 0.15) is 5.56 Å². The second-order valence-corrected chi connectivity index (χ2v) is 3.97. The van der Waals surface area contributed by atoms with Crippen LogP contribution < -0.4 is 10.9 Å². The summed E-state index contributed by atoms with van der Waals surface area (Å²) in [7, 11) is 0. The van der Waals surface area contributed by atoms with Crippen molar-refractivity contribution < 1.29 is 19.1 Å². The Morgan fingerprint density at radius 3 is 2.95 bits per heavy atom. The Labute approximate surface area is 112 Å². The SMILES string of the molecule is Cc1cc(=O)oc2c(NC(=O)OCCl)c(O)ccc12. The summed E-state index contributed by atoms with van der Waals surface area (Å²) in [6, 6.07) is 3.95. The summed E-state index contributed by atoms with van der Waals surface area (Å²) in [5, 5.41) is 12.6. The maximum absolute atomic E-state index is 11.4. The number of amides is 1. The Morgan fingerprint density at radius 1 is 1.53 bits per heavy atom. The number of nitrogens with one attached hydrogen (secondary N) is 1. The summed E-state index contributed by atoms with van der Waals surface area (Å²) >= 11 is 5.25. The van der Waals surface area contributed by atoms with Crippen LogP contribution in [0.4, 0.5) is 10.5 Å². The molecular weight excluding hydrogens is 274 g/mol. The molecule has 1 aromatic heterocycles. The van der Waals surface area contributed by atoms with Crippen LogP contribution in [0.25, 0.3) is 11.0 Å². The predicted octanol–water partition coefficient (Wildman–Crippen LogP) is 2.55. The molecule has 0 spiro atoms. The first-order chi connectivity index (χ1) is 9.02. The lowest BCUT2D eigenvalue weighted by atomic mass is 10.1. The Hall–Kier alpha value is -2.21. The number of halogens is 1. The van der Waals surface area contributed by atoms with E-state index in [4.69, 9.17) is 16.0 Å². The number of phenols is 1. The minimum Gasteiger partial charge on any atom is -0.506 e. The van der Waals surface area contributed by atoms with Gasteiger partial charge < -0.3 is 14.3 Å². The fourth-order valence-electron chi connectivity index (χ4n) is 1.68. The van der Waals surface area contributed by atoms with Gasteiger partial charge in [-0.2, -0.15) is 0 Å². The Morgan fingerprint density at radius 2 is 2.26 bits per heavy atom. The van der Waals surface area contributed by atoms with Crippen molar-refractivity contribution >= 4 is 34.4 Å². The minimum atomic E-state index is -0.859. The van der Waals surface area contributed by atoms with E-state index in [0.717, 1.165) is 0 Å². The van der Waals surface area contributed by atoms with Gasteiger partial charge in [0.25, 0.3) is 0 Å². The van der Waals surface area contributed by atoms with Gasteiger partial charge in [0.15, 0.2) is 11.6 Å². The van der Waals surface area contributed by atoms with Crippen LogP contribution in [-0.2, 0) is 4.74 Å². The van der Waals surface area contributed by atoms with Crippen molar-refractivity contribution in [3.8, 4) is 5.75 Å². The molecule has 7 heteroatoms. The first-order valence-corrected chi connectivity index (χ1v) is 5.82. The van der Waals surface area contributed by atoms with Gasteiger partial charge in [-0.3, -0.25) is 5.32 Å². The molecule has 1 aromatic carbocycles. The lowest BCUT2D eigenvalue weighted by Gasteiger charge is -2.10. The van der Waals surface area contributed by atoms with Crippen molar-refractivity contribution in [3.63, 3.8) is 0 Å². The molecule has 0 unspecified atom stereocenters. The fourth-order valence-corrected chi connectivity index (χ4v) is 1.78. The molecule has 1 heterocycles. The maximum atomic E-state index is 11.4. The molecule has 2 N–H and O–H groups in total. The number of ether oxygens (including phenoxy) is 1. The largest absolute Gasteiger partial charge is 0.506 e. The number of rotatable bonds is 2. The third kappa shape index (κ3) is 2.63. The van der Waals surface area contributed by atoms with Gasteiger partial charge in [0, 0.05) is 11.5 Å². The van der Waals surface area contributed by atoms with E-state index in [0.29, 0.717) is 10.9 Å². The lowest BCUT2D eigenvalue weighted by molar-refractivity contribution is 0.180. The summed E-state index contributed by atoms with van der Waals surface area (Å²) in [5.41, 5.74) is 0.134. The molecule has 0 saturated carbocycles. The summed E-state index contributed by atoms with van der Waals surface area (Å²) in [6.45, 7) is 1.72. The smallest absolute Gasteiger partial charge is 0.413 e. The van der Waals surface area contributed by atoms with Crippen LogP contribution in [-0.4, -0.2) is 17.3 Å². The number of hydrogen-bond acceptors (Lipinski definition) is 5. The summed E-state index contributed by atoms with van der Waals surface area (Å²) in [6.07, 6.45) is -0.859. The molecule has 0 saturated heterocycles. The van der Waals surface area contributed by atoms with Gasteiger partial charge in [0.2, 0.25) is 0 Å². The number of fused-ring (bicyclic) bond motifs is 1. The van der Waals surface area contributed by atoms with E-state index in [1.54, 1.807) is 13.0 Å². The molecule has 0 bridgehead atoms. The molecule has 0 aliphatic carbocycles.